The normalized spacial score (nSPS) is 15.4. The van der Waals surface area contributed by atoms with E-state index in [0.29, 0.717) is 21.6 Å². The van der Waals surface area contributed by atoms with Crippen molar-refractivity contribution in [2.75, 3.05) is 18.2 Å². The second-order valence-corrected chi connectivity index (χ2v) is 11.4. The van der Waals surface area contributed by atoms with Gasteiger partial charge in [-0.3, -0.25) is 4.79 Å². The van der Waals surface area contributed by atoms with Gasteiger partial charge in [0.05, 0.1) is 18.4 Å². The Morgan fingerprint density at radius 3 is 2.88 bits per heavy atom. The molecule has 3 aromatic heterocycles. The first-order chi connectivity index (χ1) is 15.8. The van der Waals surface area contributed by atoms with Crippen molar-refractivity contribution in [2.45, 2.75) is 51.6 Å². The molecule has 0 bridgehead atoms. The summed E-state index contributed by atoms with van der Waals surface area (Å²) in [6.45, 7) is 6.47. The number of thiophene rings is 2. The fourth-order valence-electron chi connectivity index (χ4n) is 4.23. The van der Waals surface area contributed by atoms with Gasteiger partial charge in [-0.05, 0) is 49.7 Å². The van der Waals surface area contributed by atoms with Gasteiger partial charge < -0.3 is 14.6 Å². The number of aryl methyl sites for hydroxylation is 1. The van der Waals surface area contributed by atoms with Crippen molar-refractivity contribution in [1.29, 1.82) is 0 Å². The summed E-state index contributed by atoms with van der Waals surface area (Å²) in [5.74, 6) is 0.996. The number of nitrogens with zero attached hydrogens (tertiary/aromatic N) is 3. The van der Waals surface area contributed by atoms with Crippen LogP contribution in [0.15, 0.2) is 10.5 Å². The van der Waals surface area contributed by atoms with E-state index in [1.54, 1.807) is 11.3 Å². The first-order valence-corrected chi connectivity index (χ1v) is 13.6. The summed E-state index contributed by atoms with van der Waals surface area (Å²) in [5, 5.41) is 15.0. The maximum absolute atomic E-state index is 12.8. The Morgan fingerprint density at radius 1 is 1.36 bits per heavy atom. The molecule has 4 rings (SSSR count). The van der Waals surface area contributed by atoms with Crippen LogP contribution in [0.25, 0.3) is 11.4 Å². The van der Waals surface area contributed by atoms with Crippen molar-refractivity contribution in [3.05, 3.63) is 31.8 Å². The number of hydrogen-bond acceptors (Lipinski definition) is 8. The number of esters is 1. The molecule has 176 valence electrons. The van der Waals surface area contributed by atoms with Crippen LogP contribution in [-0.4, -0.2) is 39.5 Å². The quantitative estimate of drug-likeness (QED) is 0.355. The van der Waals surface area contributed by atoms with E-state index in [4.69, 9.17) is 4.74 Å². The summed E-state index contributed by atoms with van der Waals surface area (Å²) in [7, 11) is 3.30. The molecule has 1 unspecified atom stereocenters. The van der Waals surface area contributed by atoms with E-state index in [9.17, 15) is 9.59 Å². The molecule has 0 aliphatic heterocycles. The Kier molecular flexibility index (Phi) is 7.25. The number of ether oxygens (including phenoxy) is 1. The molecule has 0 aromatic carbocycles. The van der Waals surface area contributed by atoms with Crippen LogP contribution in [0, 0.1) is 12.8 Å². The second kappa shape index (κ2) is 9.99. The highest BCUT2D eigenvalue weighted by Gasteiger charge is 2.29. The first-order valence-electron chi connectivity index (χ1n) is 11.0. The fraction of sp³-hybridized carbons (Fsp3) is 0.478. The predicted molar refractivity (Wildman–Crippen MR) is 135 cm³/mol. The van der Waals surface area contributed by atoms with Gasteiger partial charge in [0, 0.05) is 27.7 Å². The molecule has 1 atom stereocenters. The highest BCUT2D eigenvalue weighted by Crippen LogP contribution is 2.40. The van der Waals surface area contributed by atoms with Crippen molar-refractivity contribution < 1.29 is 14.3 Å². The minimum atomic E-state index is -0.388. The number of methoxy groups -OCH3 is 1. The number of amides is 1. The topological polar surface area (TPSA) is 86.1 Å². The van der Waals surface area contributed by atoms with E-state index in [-0.39, 0.29) is 17.6 Å². The van der Waals surface area contributed by atoms with Crippen molar-refractivity contribution in [2.24, 2.45) is 13.0 Å². The van der Waals surface area contributed by atoms with Gasteiger partial charge in [0.25, 0.3) is 0 Å². The van der Waals surface area contributed by atoms with Gasteiger partial charge in [0.2, 0.25) is 5.91 Å². The third-order valence-electron chi connectivity index (χ3n) is 6.02. The molecular weight excluding hydrogens is 476 g/mol. The Bertz CT molecular complexity index is 1190. The van der Waals surface area contributed by atoms with Crippen LogP contribution in [0.3, 0.4) is 0 Å². The van der Waals surface area contributed by atoms with Crippen molar-refractivity contribution in [3.63, 3.8) is 0 Å². The monoisotopic (exact) mass is 504 g/mol. The van der Waals surface area contributed by atoms with Crippen LogP contribution < -0.4 is 5.32 Å². The first kappa shape index (κ1) is 24.0. The minimum absolute atomic E-state index is 0.175. The summed E-state index contributed by atoms with van der Waals surface area (Å²) in [4.78, 5) is 27.7. The van der Waals surface area contributed by atoms with Crippen LogP contribution in [0.1, 0.15) is 51.5 Å². The van der Waals surface area contributed by atoms with Gasteiger partial charge >= 0.3 is 5.97 Å². The zero-order chi connectivity index (χ0) is 23.7. The van der Waals surface area contributed by atoms with Gasteiger partial charge in [-0.15, -0.1) is 32.9 Å². The molecule has 0 fully saturated rings. The predicted octanol–water partition coefficient (Wildman–Crippen LogP) is 5.12. The molecule has 0 spiro atoms. The summed E-state index contributed by atoms with van der Waals surface area (Å²) in [6, 6.07) is 0. The summed E-state index contributed by atoms with van der Waals surface area (Å²) < 4.78 is 6.94. The zero-order valence-corrected chi connectivity index (χ0v) is 21.9. The molecule has 3 heterocycles. The number of fused-ring (bicyclic) bond motifs is 1. The number of hydrogen-bond donors (Lipinski definition) is 1. The molecule has 0 radical (unpaired) electrons. The smallest absolute Gasteiger partial charge is 0.341 e. The Hall–Kier alpha value is -2.17. The molecule has 7 nitrogen and oxygen atoms in total. The van der Waals surface area contributed by atoms with E-state index in [2.05, 4.69) is 41.7 Å². The maximum Gasteiger partial charge on any atom is 0.341 e. The number of carbonyl (C=O) groups is 2. The van der Waals surface area contributed by atoms with Crippen LogP contribution >= 0.6 is 34.4 Å². The van der Waals surface area contributed by atoms with Crippen molar-refractivity contribution in [3.8, 4) is 11.4 Å². The van der Waals surface area contributed by atoms with Crippen LogP contribution in [0.2, 0.25) is 0 Å². The van der Waals surface area contributed by atoms with Gasteiger partial charge in [0.1, 0.15) is 5.00 Å². The summed E-state index contributed by atoms with van der Waals surface area (Å²) in [5.41, 5.74) is 3.94. The van der Waals surface area contributed by atoms with Crippen LogP contribution in [-0.2, 0) is 35.8 Å². The third-order valence-corrected chi connectivity index (χ3v) is 9.16. The number of rotatable bonds is 7. The number of thioether (sulfide) groups is 1. The largest absolute Gasteiger partial charge is 0.465 e. The Morgan fingerprint density at radius 2 is 2.15 bits per heavy atom. The van der Waals surface area contributed by atoms with Gasteiger partial charge in [-0.2, -0.15) is 0 Å². The van der Waals surface area contributed by atoms with E-state index in [1.165, 1.54) is 45.5 Å². The molecule has 1 aliphatic rings. The minimum Gasteiger partial charge on any atom is -0.465 e. The lowest BCUT2D eigenvalue weighted by Crippen LogP contribution is -2.17. The molecule has 0 saturated carbocycles. The van der Waals surface area contributed by atoms with E-state index in [0.717, 1.165) is 42.6 Å². The lowest BCUT2D eigenvalue weighted by atomic mass is 9.88. The molecule has 33 heavy (non-hydrogen) atoms. The number of nitrogens with one attached hydrogen (secondary N) is 1. The molecular formula is C23H28N4O3S3. The summed E-state index contributed by atoms with van der Waals surface area (Å²) in [6.07, 6.45) is 3.74. The lowest BCUT2D eigenvalue weighted by molar-refractivity contribution is -0.113. The maximum atomic E-state index is 12.8. The van der Waals surface area contributed by atoms with Gasteiger partial charge in [0.15, 0.2) is 11.0 Å². The lowest BCUT2D eigenvalue weighted by Gasteiger charge is -2.18. The summed E-state index contributed by atoms with van der Waals surface area (Å²) >= 11 is 4.55. The fourth-order valence-corrected chi connectivity index (χ4v) is 7.30. The number of carbonyl (C=O) groups excluding carboxylic acids is 2. The molecule has 1 N–H and O–H groups in total. The average molecular weight is 505 g/mol. The van der Waals surface area contributed by atoms with Gasteiger partial charge in [-0.1, -0.05) is 25.6 Å². The molecule has 10 heteroatoms. The highest BCUT2D eigenvalue weighted by molar-refractivity contribution is 7.99. The van der Waals surface area contributed by atoms with E-state index in [1.807, 2.05) is 11.6 Å². The Balaban J connectivity index is 1.48. The number of anilines is 1. The molecule has 1 aliphatic carbocycles. The highest BCUT2D eigenvalue weighted by atomic mass is 32.2. The van der Waals surface area contributed by atoms with Crippen LogP contribution in [0.4, 0.5) is 5.00 Å². The molecule has 0 saturated heterocycles. The SMILES string of the molecule is CCc1c(-c2nnc(SCC(=O)Nc3sc4c(c3C(=O)OC)CCC(C)C4)n2C)csc1C. The third kappa shape index (κ3) is 4.74. The van der Waals surface area contributed by atoms with Crippen molar-refractivity contribution in [1.82, 2.24) is 14.8 Å². The standard InChI is InChI=1S/C23H28N4O3S3/c1-6-14-13(3)31-10-16(14)20-25-26-23(27(20)4)32-11-18(28)24-21-19(22(29)30-5)15-8-7-12(2)9-17(15)33-21/h10,12H,6-9,11H2,1-5H3,(H,24,28). The number of aromatic nitrogens is 3. The van der Waals surface area contributed by atoms with Crippen LogP contribution in [0.5, 0.6) is 0 Å². The van der Waals surface area contributed by atoms with Crippen molar-refractivity contribution >= 4 is 51.3 Å². The van der Waals surface area contributed by atoms with E-state index < -0.39 is 0 Å². The van der Waals surface area contributed by atoms with E-state index >= 15 is 0 Å². The zero-order valence-electron chi connectivity index (χ0n) is 19.5. The second-order valence-electron chi connectivity index (χ2n) is 8.29. The molecule has 1 amide bonds. The molecule has 3 aromatic rings. The average Bonchev–Trinajstić information content (AvgIpc) is 3.45. The van der Waals surface area contributed by atoms with Gasteiger partial charge in [-0.25, -0.2) is 4.79 Å². The Labute approximate surface area is 206 Å².